The molecule has 1 heterocycles. The number of rotatable bonds is 6. The van der Waals surface area contributed by atoms with Crippen LogP contribution >= 0.6 is 0 Å². The van der Waals surface area contributed by atoms with Gasteiger partial charge in [-0.05, 0) is 34.7 Å². The van der Waals surface area contributed by atoms with E-state index in [1.807, 2.05) is 6.07 Å². The van der Waals surface area contributed by atoms with E-state index >= 15 is 0 Å². The summed E-state index contributed by atoms with van der Waals surface area (Å²) in [7, 11) is -1.92. The normalized spacial score (nSPS) is 22.3. The van der Waals surface area contributed by atoms with Crippen molar-refractivity contribution >= 4 is 8.32 Å². The predicted molar refractivity (Wildman–Crippen MR) is 99.9 cm³/mol. The molecule has 2 nitrogen and oxygen atoms in total. The predicted octanol–water partition coefficient (Wildman–Crippen LogP) is 6.22. The molecule has 0 spiro atoms. The Labute approximate surface area is 143 Å². The molecule has 0 aromatic heterocycles. The van der Waals surface area contributed by atoms with Gasteiger partial charge in [0.05, 0.1) is 6.10 Å². The molecule has 0 bridgehead atoms. The van der Waals surface area contributed by atoms with Gasteiger partial charge in [0.25, 0.3) is 0 Å². The molecule has 1 aliphatic heterocycles. The Balaban J connectivity index is 2.18. The molecule has 128 valence electrons. The highest BCUT2D eigenvalue weighted by molar-refractivity contribution is 6.77. The van der Waals surface area contributed by atoms with Gasteiger partial charge in [-0.15, -0.1) is 0 Å². The molecule has 0 aliphatic carbocycles. The first-order valence-electron chi connectivity index (χ1n) is 8.92. The third-order valence-electron chi connectivity index (χ3n) is 5.14. The van der Waals surface area contributed by atoms with Gasteiger partial charge in [-0.1, -0.05) is 78.0 Å². The van der Waals surface area contributed by atoms with E-state index in [2.05, 4.69) is 78.0 Å². The Hall–Kier alpha value is -0.903. The van der Waals surface area contributed by atoms with E-state index in [0.29, 0.717) is 16.6 Å². The molecule has 0 N–H and O–H groups in total. The van der Waals surface area contributed by atoms with Gasteiger partial charge < -0.3 is 9.16 Å². The highest BCUT2D eigenvalue weighted by Gasteiger charge is 2.47. The molecule has 1 aromatic carbocycles. The van der Waals surface area contributed by atoms with Gasteiger partial charge in [0, 0.05) is 0 Å². The summed E-state index contributed by atoms with van der Waals surface area (Å²) in [6.45, 7) is 13.9. The van der Waals surface area contributed by atoms with Crippen molar-refractivity contribution in [1.29, 1.82) is 0 Å². The lowest BCUT2D eigenvalue weighted by atomic mass is 10.1. The Kier molecular flexibility index (Phi) is 6.23. The lowest BCUT2D eigenvalue weighted by Gasteiger charge is -2.44. The molecule has 3 heteroatoms. The number of ether oxygens (including phenoxy) is 1. The second-order valence-corrected chi connectivity index (χ2v) is 12.9. The molecule has 0 saturated carbocycles. The largest absolute Gasteiger partial charge is 0.388 e. The quantitative estimate of drug-likeness (QED) is 0.454. The van der Waals surface area contributed by atoms with Crippen LogP contribution in [0, 0.1) is 0 Å². The van der Waals surface area contributed by atoms with Crippen molar-refractivity contribution in [3.63, 3.8) is 0 Å². The van der Waals surface area contributed by atoms with Gasteiger partial charge in [0.1, 0.15) is 0 Å². The molecule has 0 radical (unpaired) electrons. The van der Waals surface area contributed by atoms with Crippen molar-refractivity contribution in [3.05, 3.63) is 48.0 Å². The molecule has 0 saturated heterocycles. The summed E-state index contributed by atoms with van der Waals surface area (Å²) in [5.41, 5.74) is 2.93. The summed E-state index contributed by atoms with van der Waals surface area (Å²) < 4.78 is 13.0. The van der Waals surface area contributed by atoms with Gasteiger partial charge in [0.2, 0.25) is 8.32 Å². The molecule has 2 atom stereocenters. The van der Waals surface area contributed by atoms with E-state index < -0.39 is 8.32 Å². The van der Waals surface area contributed by atoms with E-state index in [0.717, 1.165) is 6.42 Å². The van der Waals surface area contributed by atoms with Gasteiger partial charge in [0.15, 0.2) is 6.29 Å². The van der Waals surface area contributed by atoms with E-state index in [1.165, 1.54) is 5.56 Å². The fourth-order valence-corrected chi connectivity index (χ4v) is 9.49. The summed E-state index contributed by atoms with van der Waals surface area (Å²) in [5.74, 6) is 0. The van der Waals surface area contributed by atoms with Crippen molar-refractivity contribution in [2.24, 2.45) is 0 Å². The average Bonchev–Trinajstić information content (AvgIpc) is 2.52. The van der Waals surface area contributed by atoms with Gasteiger partial charge in [-0.25, -0.2) is 0 Å². The number of hydrogen-bond donors (Lipinski definition) is 0. The van der Waals surface area contributed by atoms with Crippen LogP contribution in [0.2, 0.25) is 16.6 Å². The minimum absolute atomic E-state index is 0.101. The molecule has 0 unspecified atom stereocenters. The number of benzene rings is 1. The smallest absolute Gasteiger partial charge is 0.204 e. The van der Waals surface area contributed by atoms with Crippen molar-refractivity contribution < 1.29 is 9.16 Å². The third kappa shape index (κ3) is 3.96. The fourth-order valence-electron chi connectivity index (χ4n) is 4.13. The first kappa shape index (κ1) is 18.4. The first-order valence-corrected chi connectivity index (χ1v) is 11.1. The van der Waals surface area contributed by atoms with Crippen LogP contribution in [0.5, 0.6) is 0 Å². The van der Waals surface area contributed by atoms with Gasteiger partial charge in [-0.3, -0.25) is 0 Å². The monoisotopic (exact) mass is 332 g/mol. The maximum Gasteiger partial charge on any atom is 0.204 e. The zero-order valence-corrected chi connectivity index (χ0v) is 16.5. The topological polar surface area (TPSA) is 18.5 Å². The van der Waals surface area contributed by atoms with Gasteiger partial charge >= 0.3 is 0 Å². The Morgan fingerprint density at radius 1 is 0.957 bits per heavy atom. The summed E-state index contributed by atoms with van der Waals surface area (Å²) in [6.07, 6.45) is 5.13. The van der Waals surface area contributed by atoms with Crippen LogP contribution in [-0.2, 0) is 9.16 Å². The Morgan fingerprint density at radius 3 is 2.04 bits per heavy atom. The summed E-state index contributed by atoms with van der Waals surface area (Å²) in [4.78, 5) is 0. The molecule has 0 fully saturated rings. The minimum atomic E-state index is -1.92. The van der Waals surface area contributed by atoms with E-state index in [9.17, 15) is 0 Å². The van der Waals surface area contributed by atoms with Crippen molar-refractivity contribution in [3.8, 4) is 0 Å². The molecular weight excluding hydrogens is 300 g/mol. The van der Waals surface area contributed by atoms with Crippen LogP contribution in [-0.4, -0.2) is 14.6 Å². The maximum absolute atomic E-state index is 6.74. The average molecular weight is 333 g/mol. The van der Waals surface area contributed by atoms with Crippen LogP contribution in [0.15, 0.2) is 42.5 Å². The molecule has 0 amide bonds. The first-order chi connectivity index (χ1) is 10.9. The highest BCUT2D eigenvalue weighted by atomic mass is 28.4. The van der Waals surface area contributed by atoms with Crippen LogP contribution in [0.1, 0.15) is 59.6 Å². The SMILES string of the molecule is CC(C)[Si](O[C@H]1C=CC[C@@H](c2ccccc2)O1)(C(C)C)C(C)C. The molecule has 1 aromatic rings. The third-order valence-corrected chi connectivity index (χ3v) is 11.2. The van der Waals surface area contributed by atoms with Gasteiger partial charge in [-0.2, -0.15) is 0 Å². The van der Waals surface area contributed by atoms with Crippen LogP contribution in [0.4, 0.5) is 0 Å². The minimum Gasteiger partial charge on any atom is -0.388 e. The summed E-state index contributed by atoms with van der Waals surface area (Å²) in [5, 5.41) is 0. The van der Waals surface area contributed by atoms with E-state index in [4.69, 9.17) is 9.16 Å². The Morgan fingerprint density at radius 2 is 1.52 bits per heavy atom. The lowest BCUT2D eigenvalue weighted by Crippen LogP contribution is -2.50. The van der Waals surface area contributed by atoms with Crippen molar-refractivity contribution in [1.82, 2.24) is 0 Å². The molecule has 1 aliphatic rings. The fraction of sp³-hybridized carbons (Fsp3) is 0.600. The van der Waals surface area contributed by atoms with Crippen LogP contribution in [0.25, 0.3) is 0 Å². The second-order valence-electron chi connectivity index (χ2n) is 7.50. The summed E-state index contributed by atoms with van der Waals surface area (Å²) in [6, 6.07) is 10.5. The van der Waals surface area contributed by atoms with Crippen molar-refractivity contribution in [2.75, 3.05) is 0 Å². The maximum atomic E-state index is 6.74. The molecule has 2 rings (SSSR count). The van der Waals surface area contributed by atoms with Crippen molar-refractivity contribution in [2.45, 2.75) is 77.0 Å². The molecule has 23 heavy (non-hydrogen) atoms. The zero-order chi connectivity index (χ0) is 17.0. The standard InChI is InChI=1S/C20H32O2Si/c1-15(2)23(16(3)4,17(5)6)22-20-14-10-13-19(21-20)18-11-8-7-9-12-18/h7-12,14-17,19-20H,13H2,1-6H3/t19-,20-/m0/s1. The van der Waals surface area contributed by atoms with E-state index in [1.54, 1.807) is 0 Å². The van der Waals surface area contributed by atoms with Crippen LogP contribution in [0.3, 0.4) is 0 Å². The zero-order valence-electron chi connectivity index (χ0n) is 15.5. The second kappa shape index (κ2) is 7.78. The molecular formula is C20H32O2Si. The number of hydrogen-bond acceptors (Lipinski definition) is 2. The lowest BCUT2D eigenvalue weighted by molar-refractivity contribution is -0.106. The highest BCUT2D eigenvalue weighted by Crippen LogP contribution is 2.44. The van der Waals surface area contributed by atoms with Crippen LogP contribution < -0.4 is 0 Å². The summed E-state index contributed by atoms with van der Waals surface area (Å²) >= 11 is 0. The van der Waals surface area contributed by atoms with E-state index in [-0.39, 0.29) is 12.4 Å². The Bertz CT molecular complexity index is 486.